The zero-order chi connectivity index (χ0) is 19.6. The van der Waals surface area contributed by atoms with Crippen molar-refractivity contribution in [3.05, 3.63) is 29.8 Å². The lowest BCUT2D eigenvalue weighted by atomic mass is 9.94. The van der Waals surface area contributed by atoms with E-state index in [1.807, 2.05) is 29.0 Å². The lowest BCUT2D eigenvalue weighted by Crippen LogP contribution is -2.43. The Hall–Kier alpha value is -2.08. The second kappa shape index (κ2) is 10.9. The molecule has 0 radical (unpaired) electrons. The fourth-order valence-electron chi connectivity index (χ4n) is 3.29. The standard InChI is InChI=1S/C21H32N2O4/c1-4-5-11-22(2)20(24)17-9-12-23(13-10-17)21(25)18-7-6-8-19(16-18)27-15-14-26-3/h6-8,16-17H,4-5,9-15H2,1-3H3. The first-order valence-corrected chi connectivity index (χ1v) is 9.82. The normalized spacial score (nSPS) is 14.9. The van der Waals surface area contributed by atoms with E-state index in [1.54, 1.807) is 19.2 Å². The van der Waals surface area contributed by atoms with Crippen LogP contribution in [-0.2, 0) is 9.53 Å². The fourth-order valence-corrected chi connectivity index (χ4v) is 3.29. The van der Waals surface area contributed by atoms with E-state index in [2.05, 4.69) is 6.92 Å². The number of carbonyl (C=O) groups excluding carboxylic acids is 2. The molecule has 6 heteroatoms. The Morgan fingerprint density at radius 3 is 2.63 bits per heavy atom. The number of likely N-dealkylation sites (tertiary alicyclic amines) is 1. The van der Waals surface area contributed by atoms with Gasteiger partial charge in [-0.1, -0.05) is 19.4 Å². The number of benzene rings is 1. The highest BCUT2D eigenvalue weighted by atomic mass is 16.5. The van der Waals surface area contributed by atoms with E-state index in [1.165, 1.54) is 0 Å². The van der Waals surface area contributed by atoms with Gasteiger partial charge in [0.05, 0.1) is 6.61 Å². The number of methoxy groups -OCH3 is 1. The molecule has 1 aromatic carbocycles. The van der Waals surface area contributed by atoms with Crippen molar-refractivity contribution in [3.8, 4) is 5.75 Å². The van der Waals surface area contributed by atoms with Crippen LogP contribution in [0, 0.1) is 5.92 Å². The minimum Gasteiger partial charge on any atom is -0.491 e. The molecule has 6 nitrogen and oxygen atoms in total. The molecule has 0 spiro atoms. The summed E-state index contributed by atoms with van der Waals surface area (Å²) in [6.07, 6.45) is 3.57. The third-order valence-electron chi connectivity index (χ3n) is 4.99. The fraction of sp³-hybridized carbons (Fsp3) is 0.619. The number of rotatable bonds is 9. The summed E-state index contributed by atoms with van der Waals surface area (Å²) in [5.41, 5.74) is 0.620. The number of amides is 2. The summed E-state index contributed by atoms with van der Waals surface area (Å²) in [5, 5.41) is 0. The Kier molecular flexibility index (Phi) is 8.58. The summed E-state index contributed by atoms with van der Waals surface area (Å²) in [7, 11) is 3.50. The first kappa shape index (κ1) is 21.2. The molecular formula is C21H32N2O4. The Balaban J connectivity index is 1.87. The van der Waals surface area contributed by atoms with Crippen molar-refractivity contribution in [1.82, 2.24) is 9.80 Å². The van der Waals surface area contributed by atoms with Crippen molar-refractivity contribution >= 4 is 11.8 Å². The maximum absolute atomic E-state index is 12.8. The minimum atomic E-state index is -0.00238. The van der Waals surface area contributed by atoms with Crippen LogP contribution in [0.5, 0.6) is 5.75 Å². The molecule has 1 saturated heterocycles. The predicted octanol–water partition coefficient (Wildman–Crippen LogP) is 2.82. The van der Waals surface area contributed by atoms with E-state index in [0.717, 1.165) is 32.2 Å². The van der Waals surface area contributed by atoms with Crippen molar-refractivity contribution in [2.24, 2.45) is 5.92 Å². The second-order valence-corrected chi connectivity index (χ2v) is 7.05. The number of ether oxygens (including phenoxy) is 2. The highest BCUT2D eigenvalue weighted by Gasteiger charge is 2.29. The molecule has 0 N–H and O–H groups in total. The summed E-state index contributed by atoms with van der Waals surface area (Å²) in [4.78, 5) is 29.0. The maximum Gasteiger partial charge on any atom is 0.253 e. The molecule has 27 heavy (non-hydrogen) atoms. The van der Waals surface area contributed by atoms with Crippen LogP contribution in [0.1, 0.15) is 43.0 Å². The molecule has 0 saturated carbocycles. The molecular weight excluding hydrogens is 344 g/mol. The lowest BCUT2D eigenvalue weighted by molar-refractivity contribution is -0.135. The van der Waals surface area contributed by atoms with E-state index in [-0.39, 0.29) is 17.7 Å². The highest BCUT2D eigenvalue weighted by molar-refractivity contribution is 5.94. The number of piperidine rings is 1. The summed E-state index contributed by atoms with van der Waals surface area (Å²) >= 11 is 0. The van der Waals surface area contributed by atoms with Crippen molar-refractivity contribution in [1.29, 1.82) is 0 Å². The van der Waals surface area contributed by atoms with Crippen LogP contribution in [0.3, 0.4) is 0 Å². The van der Waals surface area contributed by atoms with Gasteiger partial charge in [-0.25, -0.2) is 0 Å². The molecule has 150 valence electrons. The van der Waals surface area contributed by atoms with Gasteiger partial charge in [-0.15, -0.1) is 0 Å². The molecule has 1 aliphatic rings. The summed E-state index contributed by atoms with van der Waals surface area (Å²) in [6.45, 7) is 5.13. The first-order chi connectivity index (χ1) is 13.1. The van der Waals surface area contributed by atoms with Crippen molar-refractivity contribution < 1.29 is 19.1 Å². The smallest absolute Gasteiger partial charge is 0.253 e. The van der Waals surface area contributed by atoms with Gasteiger partial charge in [0.2, 0.25) is 5.91 Å². The molecule has 2 amide bonds. The Morgan fingerprint density at radius 1 is 1.22 bits per heavy atom. The largest absolute Gasteiger partial charge is 0.491 e. The van der Waals surface area contributed by atoms with Crippen molar-refractivity contribution in [3.63, 3.8) is 0 Å². The summed E-state index contributed by atoms with van der Waals surface area (Å²) in [5.74, 6) is 0.904. The number of nitrogens with zero attached hydrogens (tertiary/aromatic N) is 2. The second-order valence-electron chi connectivity index (χ2n) is 7.05. The van der Waals surface area contributed by atoms with Crippen LogP contribution in [0.4, 0.5) is 0 Å². The van der Waals surface area contributed by atoms with Crippen LogP contribution in [-0.4, -0.2) is 68.6 Å². The Labute approximate surface area is 162 Å². The van der Waals surface area contributed by atoms with Gasteiger partial charge in [0.1, 0.15) is 12.4 Å². The number of unbranched alkanes of at least 4 members (excludes halogenated alkanes) is 1. The van der Waals surface area contributed by atoms with Gasteiger partial charge in [-0.3, -0.25) is 9.59 Å². The van der Waals surface area contributed by atoms with Gasteiger partial charge in [0, 0.05) is 45.3 Å². The molecule has 0 aliphatic carbocycles. The monoisotopic (exact) mass is 376 g/mol. The summed E-state index contributed by atoms with van der Waals surface area (Å²) < 4.78 is 10.6. The zero-order valence-corrected chi connectivity index (χ0v) is 16.8. The number of hydrogen-bond acceptors (Lipinski definition) is 4. The predicted molar refractivity (Wildman–Crippen MR) is 105 cm³/mol. The Bertz CT molecular complexity index is 612. The van der Waals surface area contributed by atoms with Gasteiger partial charge in [0.15, 0.2) is 0 Å². The van der Waals surface area contributed by atoms with Crippen molar-refractivity contribution in [2.75, 3.05) is 47.0 Å². The third kappa shape index (κ3) is 6.24. The van der Waals surface area contributed by atoms with E-state index < -0.39 is 0 Å². The summed E-state index contributed by atoms with van der Waals surface area (Å²) in [6, 6.07) is 7.24. The van der Waals surface area contributed by atoms with Gasteiger partial charge in [-0.2, -0.15) is 0 Å². The molecule has 1 aliphatic heterocycles. The third-order valence-corrected chi connectivity index (χ3v) is 4.99. The van der Waals surface area contributed by atoms with Gasteiger partial charge in [0.25, 0.3) is 5.91 Å². The number of hydrogen-bond donors (Lipinski definition) is 0. The topological polar surface area (TPSA) is 59.1 Å². The minimum absolute atomic E-state index is 0.00238. The van der Waals surface area contributed by atoms with Crippen LogP contribution in [0.15, 0.2) is 24.3 Å². The van der Waals surface area contributed by atoms with E-state index in [4.69, 9.17) is 9.47 Å². The van der Waals surface area contributed by atoms with E-state index in [9.17, 15) is 9.59 Å². The van der Waals surface area contributed by atoms with E-state index in [0.29, 0.717) is 37.6 Å². The average Bonchev–Trinajstić information content (AvgIpc) is 2.71. The highest BCUT2D eigenvalue weighted by Crippen LogP contribution is 2.22. The molecule has 0 bridgehead atoms. The molecule has 1 aromatic rings. The molecule has 1 fully saturated rings. The van der Waals surface area contributed by atoms with Gasteiger partial charge in [-0.05, 0) is 37.5 Å². The van der Waals surface area contributed by atoms with Crippen LogP contribution in [0.25, 0.3) is 0 Å². The zero-order valence-electron chi connectivity index (χ0n) is 16.8. The van der Waals surface area contributed by atoms with Gasteiger partial charge >= 0.3 is 0 Å². The van der Waals surface area contributed by atoms with Crippen molar-refractivity contribution in [2.45, 2.75) is 32.6 Å². The number of carbonyl (C=O) groups is 2. The van der Waals surface area contributed by atoms with Gasteiger partial charge < -0.3 is 19.3 Å². The molecule has 1 heterocycles. The quantitative estimate of drug-likeness (QED) is 0.622. The first-order valence-electron chi connectivity index (χ1n) is 9.82. The molecule has 0 aromatic heterocycles. The molecule has 2 rings (SSSR count). The molecule has 0 unspecified atom stereocenters. The van der Waals surface area contributed by atoms with Crippen LogP contribution >= 0.6 is 0 Å². The average molecular weight is 376 g/mol. The SMILES string of the molecule is CCCCN(C)C(=O)C1CCN(C(=O)c2cccc(OCCOC)c2)CC1. The maximum atomic E-state index is 12.8. The molecule has 0 atom stereocenters. The van der Waals surface area contributed by atoms with E-state index >= 15 is 0 Å². The lowest BCUT2D eigenvalue weighted by Gasteiger charge is -2.33. The Morgan fingerprint density at radius 2 is 1.96 bits per heavy atom. The van der Waals surface area contributed by atoms with Crippen LogP contribution < -0.4 is 4.74 Å². The van der Waals surface area contributed by atoms with Crippen LogP contribution in [0.2, 0.25) is 0 Å².